The van der Waals surface area contributed by atoms with Crippen molar-refractivity contribution in [2.75, 3.05) is 0 Å². The Bertz CT molecular complexity index is 212. The van der Waals surface area contributed by atoms with Gasteiger partial charge in [-0.25, -0.2) is 13.2 Å². The third-order valence-corrected chi connectivity index (χ3v) is 3.86. The fraction of sp³-hybridized carbons (Fsp3) is 1.00. The van der Waals surface area contributed by atoms with Gasteiger partial charge >= 0.3 is 0 Å². The van der Waals surface area contributed by atoms with Gasteiger partial charge in [0.15, 0.2) is 0 Å². The van der Waals surface area contributed by atoms with E-state index in [2.05, 4.69) is 0 Å². The summed E-state index contributed by atoms with van der Waals surface area (Å²) >= 11 is 0. The lowest BCUT2D eigenvalue weighted by Crippen LogP contribution is -2.61. The van der Waals surface area contributed by atoms with Crippen LogP contribution in [0.2, 0.25) is 0 Å². The molecule has 0 nitrogen and oxygen atoms in total. The van der Waals surface area contributed by atoms with Gasteiger partial charge in [-0.15, -0.1) is 0 Å². The maximum absolute atomic E-state index is 13.9. The standard InChI is InChI=1S/C10H13F3/c11-8-1-7-2-9(12,4-8)6-10(13,3-7)5-8/h7H,1-6H2. The Morgan fingerprint density at radius 2 is 1.00 bits per heavy atom. The minimum atomic E-state index is -1.52. The first kappa shape index (κ1) is 8.13. The Balaban J connectivity index is 2.03. The van der Waals surface area contributed by atoms with Crippen molar-refractivity contribution < 1.29 is 13.2 Å². The quantitative estimate of drug-likeness (QED) is 0.550. The zero-order valence-corrected chi connectivity index (χ0v) is 7.45. The highest BCUT2D eigenvalue weighted by Crippen LogP contribution is 2.63. The second kappa shape index (κ2) is 1.91. The summed E-state index contributed by atoms with van der Waals surface area (Å²) < 4.78 is 41.7. The van der Waals surface area contributed by atoms with E-state index in [0.29, 0.717) is 19.3 Å². The highest BCUT2D eigenvalue weighted by atomic mass is 19.2. The fourth-order valence-electron chi connectivity index (χ4n) is 4.09. The van der Waals surface area contributed by atoms with Gasteiger partial charge in [0.2, 0.25) is 0 Å². The first-order valence-electron chi connectivity index (χ1n) is 4.97. The topological polar surface area (TPSA) is 0 Å². The minimum absolute atomic E-state index is 0.0451. The molecule has 4 fully saturated rings. The lowest BCUT2D eigenvalue weighted by atomic mass is 9.52. The molecule has 0 amide bonds. The molecule has 0 radical (unpaired) electrons. The van der Waals surface area contributed by atoms with Gasteiger partial charge in [0.05, 0.1) is 0 Å². The average Bonchev–Trinajstić information content (AvgIpc) is 1.71. The number of alkyl halides is 3. The molecule has 0 aromatic carbocycles. The zero-order chi connectivity index (χ0) is 9.32. The summed E-state index contributed by atoms with van der Waals surface area (Å²) in [5.74, 6) is -0.0451. The van der Waals surface area contributed by atoms with Crippen molar-refractivity contribution in [2.24, 2.45) is 5.92 Å². The van der Waals surface area contributed by atoms with Crippen molar-refractivity contribution in [1.82, 2.24) is 0 Å². The van der Waals surface area contributed by atoms with Crippen LogP contribution in [-0.4, -0.2) is 17.0 Å². The largest absolute Gasteiger partial charge is 0.244 e. The molecule has 13 heavy (non-hydrogen) atoms. The van der Waals surface area contributed by atoms with E-state index in [0.717, 1.165) is 0 Å². The highest BCUT2D eigenvalue weighted by molar-refractivity contribution is 5.15. The van der Waals surface area contributed by atoms with Gasteiger partial charge in [0.25, 0.3) is 0 Å². The Kier molecular flexibility index (Phi) is 1.20. The van der Waals surface area contributed by atoms with E-state index < -0.39 is 17.0 Å². The van der Waals surface area contributed by atoms with Crippen LogP contribution in [0.1, 0.15) is 38.5 Å². The third kappa shape index (κ3) is 1.05. The first-order chi connectivity index (χ1) is 5.91. The van der Waals surface area contributed by atoms with E-state index >= 15 is 0 Å². The average molecular weight is 190 g/mol. The van der Waals surface area contributed by atoms with E-state index in [1.54, 1.807) is 0 Å². The number of hydrogen-bond acceptors (Lipinski definition) is 0. The molecule has 0 unspecified atom stereocenters. The van der Waals surface area contributed by atoms with Crippen LogP contribution in [0.3, 0.4) is 0 Å². The van der Waals surface area contributed by atoms with Crippen LogP contribution in [0.15, 0.2) is 0 Å². The summed E-state index contributed by atoms with van der Waals surface area (Å²) in [5.41, 5.74) is -4.57. The van der Waals surface area contributed by atoms with Crippen molar-refractivity contribution in [3.63, 3.8) is 0 Å². The van der Waals surface area contributed by atoms with Crippen LogP contribution in [0.25, 0.3) is 0 Å². The maximum atomic E-state index is 13.9. The molecule has 0 heterocycles. The van der Waals surface area contributed by atoms with E-state index in [1.165, 1.54) is 0 Å². The monoisotopic (exact) mass is 190 g/mol. The molecule has 4 aliphatic carbocycles. The van der Waals surface area contributed by atoms with Crippen molar-refractivity contribution >= 4 is 0 Å². The Hall–Kier alpha value is -0.210. The molecule has 74 valence electrons. The fourth-order valence-corrected chi connectivity index (χ4v) is 4.09. The number of hydrogen-bond donors (Lipinski definition) is 0. The van der Waals surface area contributed by atoms with E-state index in [-0.39, 0.29) is 25.2 Å². The van der Waals surface area contributed by atoms with Crippen LogP contribution in [-0.2, 0) is 0 Å². The molecule has 4 saturated carbocycles. The Morgan fingerprint density at radius 3 is 1.23 bits per heavy atom. The van der Waals surface area contributed by atoms with Gasteiger partial charge in [-0.3, -0.25) is 0 Å². The molecule has 0 aromatic rings. The van der Waals surface area contributed by atoms with Gasteiger partial charge < -0.3 is 0 Å². The summed E-state index contributed by atoms with van der Waals surface area (Å²) in [6.45, 7) is 0. The predicted molar refractivity (Wildman–Crippen MR) is 42.7 cm³/mol. The molecular formula is C10H13F3. The van der Waals surface area contributed by atoms with Crippen LogP contribution >= 0.6 is 0 Å². The van der Waals surface area contributed by atoms with Crippen molar-refractivity contribution in [3.8, 4) is 0 Å². The van der Waals surface area contributed by atoms with Gasteiger partial charge in [0, 0.05) is 19.3 Å². The second-order valence-corrected chi connectivity index (χ2v) is 5.46. The molecular weight excluding hydrogens is 177 g/mol. The van der Waals surface area contributed by atoms with E-state index in [4.69, 9.17) is 0 Å². The molecule has 0 atom stereocenters. The third-order valence-electron chi connectivity index (χ3n) is 3.86. The Morgan fingerprint density at radius 1 is 0.692 bits per heavy atom. The molecule has 0 aromatic heterocycles. The van der Waals surface area contributed by atoms with Gasteiger partial charge in [-0.1, -0.05) is 0 Å². The molecule has 4 bridgehead atoms. The van der Waals surface area contributed by atoms with Crippen molar-refractivity contribution in [2.45, 2.75) is 55.5 Å². The van der Waals surface area contributed by atoms with Crippen LogP contribution in [0.5, 0.6) is 0 Å². The van der Waals surface area contributed by atoms with Crippen LogP contribution in [0, 0.1) is 5.92 Å². The smallest absolute Gasteiger partial charge is 0.117 e. The maximum Gasteiger partial charge on any atom is 0.117 e. The summed E-state index contributed by atoms with van der Waals surface area (Å²) in [5, 5.41) is 0. The molecule has 0 spiro atoms. The van der Waals surface area contributed by atoms with E-state index in [9.17, 15) is 13.2 Å². The number of halogens is 3. The van der Waals surface area contributed by atoms with Gasteiger partial charge in [-0.2, -0.15) is 0 Å². The summed E-state index contributed by atoms with van der Waals surface area (Å²) in [4.78, 5) is 0. The first-order valence-corrected chi connectivity index (χ1v) is 4.97. The molecule has 0 saturated heterocycles. The number of rotatable bonds is 0. The molecule has 0 N–H and O–H groups in total. The molecule has 3 heteroatoms. The van der Waals surface area contributed by atoms with Crippen LogP contribution in [0.4, 0.5) is 13.2 Å². The second-order valence-electron chi connectivity index (χ2n) is 5.46. The van der Waals surface area contributed by atoms with Gasteiger partial charge in [0.1, 0.15) is 17.0 Å². The SMILES string of the molecule is FC12CC3CC(F)(C1)CC(F)(C3)C2. The summed E-state index contributed by atoms with van der Waals surface area (Å²) in [6.07, 6.45) is 1.02. The lowest BCUT2D eigenvalue weighted by molar-refractivity contribution is -0.180. The summed E-state index contributed by atoms with van der Waals surface area (Å²) in [7, 11) is 0. The zero-order valence-electron chi connectivity index (χ0n) is 7.45. The van der Waals surface area contributed by atoms with Gasteiger partial charge in [-0.05, 0) is 25.2 Å². The lowest BCUT2D eigenvalue weighted by Gasteiger charge is -2.58. The molecule has 0 aliphatic heterocycles. The molecule has 4 aliphatic rings. The predicted octanol–water partition coefficient (Wildman–Crippen LogP) is 3.11. The van der Waals surface area contributed by atoms with Crippen molar-refractivity contribution in [3.05, 3.63) is 0 Å². The summed E-state index contributed by atoms with van der Waals surface area (Å²) in [6, 6.07) is 0. The van der Waals surface area contributed by atoms with Crippen molar-refractivity contribution in [1.29, 1.82) is 0 Å². The van der Waals surface area contributed by atoms with Crippen LogP contribution < -0.4 is 0 Å². The highest BCUT2D eigenvalue weighted by Gasteiger charge is 2.65. The minimum Gasteiger partial charge on any atom is -0.244 e. The Labute approximate surface area is 75.5 Å². The normalized spacial score (nSPS) is 64.4. The molecule has 4 rings (SSSR count). The van der Waals surface area contributed by atoms with E-state index in [1.807, 2.05) is 0 Å².